The van der Waals surface area contributed by atoms with E-state index in [0.29, 0.717) is 30.3 Å². The second-order valence-corrected chi connectivity index (χ2v) is 5.46. The summed E-state index contributed by atoms with van der Waals surface area (Å²) in [5.41, 5.74) is 0.495. The predicted molar refractivity (Wildman–Crippen MR) is 87.8 cm³/mol. The van der Waals surface area contributed by atoms with E-state index in [1.807, 2.05) is 20.8 Å². The minimum atomic E-state index is -0.312. The molecule has 0 atom stereocenters. The van der Waals surface area contributed by atoms with Crippen LogP contribution in [0.2, 0.25) is 0 Å². The Morgan fingerprint density at radius 3 is 2.50 bits per heavy atom. The van der Waals surface area contributed by atoms with Crippen LogP contribution in [0.3, 0.4) is 0 Å². The van der Waals surface area contributed by atoms with Crippen LogP contribution in [0.5, 0.6) is 11.5 Å². The Hall–Kier alpha value is -1.71. The molecule has 0 amide bonds. The number of unbranched alkanes of at least 4 members (excludes halogenated alkanes) is 3. The van der Waals surface area contributed by atoms with Crippen molar-refractivity contribution in [2.24, 2.45) is 0 Å². The SMILES string of the molecule is CCCCCCOC(=O)c1ccc(OC(C)C)c(OCC)c1. The third-order valence-electron chi connectivity index (χ3n) is 3.07. The number of esters is 1. The number of carbonyl (C=O) groups excluding carboxylic acids is 1. The lowest BCUT2D eigenvalue weighted by Crippen LogP contribution is -2.10. The number of benzene rings is 1. The molecule has 0 N–H and O–H groups in total. The van der Waals surface area contributed by atoms with Crippen molar-refractivity contribution in [1.29, 1.82) is 0 Å². The first-order valence-corrected chi connectivity index (χ1v) is 8.19. The monoisotopic (exact) mass is 308 g/mol. The Bertz CT molecular complexity index is 454. The second kappa shape index (κ2) is 10.1. The summed E-state index contributed by atoms with van der Waals surface area (Å²) in [6.07, 6.45) is 4.40. The Kier molecular flexibility index (Phi) is 8.41. The molecular weight excluding hydrogens is 280 g/mol. The molecule has 0 bridgehead atoms. The van der Waals surface area contributed by atoms with Gasteiger partial charge in [-0.05, 0) is 45.4 Å². The Balaban J connectivity index is 2.65. The summed E-state index contributed by atoms with van der Waals surface area (Å²) in [5, 5.41) is 0. The van der Waals surface area contributed by atoms with Crippen LogP contribution >= 0.6 is 0 Å². The van der Waals surface area contributed by atoms with Gasteiger partial charge >= 0.3 is 5.97 Å². The molecule has 4 heteroatoms. The summed E-state index contributed by atoms with van der Waals surface area (Å²) in [5.74, 6) is 0.918. The van der Waals surface area contributed by atoms with Crippen molar-refractivity contribution >= 4 is 5.97 Å². The van der Waals surface area contributed by atoms with Gasteiger partial charge in [0.15, 0.2) is 11.5 Å². The van der Waals surface area contributed by atoms with E-state index in [1.54, 1.807) is 18.2 Å². The van der Waals surface area contributed by atoms with E-state index in [9.17, 15) is 4.79 Å². The molecule has 22 heavy (non-hydrogen) atoms. The molecule has 124 valence electrons. The molecule has 0 aliphatic rings. The van der Waals surface area contributed by atoms with Gasteiger partial charge in [-0.3, -0.25) is 0 Å². The summed E-state index contributed by atoms with van der Waals surface area (Å²) in [6, 6.07) is 5.17. The molecule has 1 aromatic rings. The predicted octanol–water partition coefficient (Wildman–Crippen LogP) is 4.61. The Morgan fingerprint density at radius 2 is 1.86 bits per heavy atom. The Morgan fingerprint density at radius 1 is 1.09 bits per heavy atom. The van der Waals surface area contributed by atoms with E-state index in [0.717, 1.165) is 12.8 Å². The zero-order valence-electron chi connectivity index (χ0n) is 14.2. The number of rotatable bonds is 10. The summed E-state index contributed by atoms with van der Waals surface area (Å²) in [6.45, 7) is 8.94. The lowest BCUT2D eigenvalue weighted by atomic mass is 10.2. The summed E-state index contributed by atoms with van der Waals surface area (Å²) >= 11 is 0. The van der Waals surface area contributed by atoms with E-state index in [-0.39, 0.29) is 12.1 Å². The average Bonchev–Trinajstić information content (AvgIpc) is 2.48. The molecule has 1 rings (SSSR count). The van der Waals surface area contributed by atoms with Gasteiger partial charge in [-0.25, -0.2) is 4.79 Å². The summed E-state index contributed by atoms with van der Waals surface area (Å²) in [4.78, 5) is 12.0. The molecular formula is C18H28O4. The summed E-state index contributed by atoms with van der Waals surface area (Å²) < 4.78 is 16.5. The third-order valence-corrected chi connectivity index (χ3v) is 3.07. The highest BCUT2D eigenvalue weighted by molar-refractivity contribution is 5.90. The largest absolute Gasteiger partial charge is 0.490 e. The molecule has 0 heterocycles. The number of carbonyl (C=O) groups is 1. The van der Waals surface area contributed by atoms with E-state index >= 15 is 0 Å². The van der Waals surface area contributed by atoms with Crippen molar-refractivity contribution in [3.63, 3.8) is 0 Å². The van der Waals surface area contributed by atoms with Gasteiger partial charge in [0, 0.05) is 0 Å². The highest BCUT2D eigenvalue weighted by atomic mass is 16.5. The highest BCUT2D eigenvalue weighted by Crippen LogP contribution is 2.29. The van der Waals surface area contributed by atoms with Gasteiger partial charge in [0.1, 0.15) is 0 Å². The van der Waals surface area contributed by atoms with Gasteiger partial charge in [0.05, 0.1) is 24.9 Å². The van der Waals surface area contributed by atoms with Gasteiger partial charge in [-0.1, -0.05) is 26.2 Å². The van der Waals surface area contributed by atoms with Crippen LogP contribution in [-0.4, -0.2) is 25.3 Å². The van der Waals surface area contributed by atoms with Crippen molar-refractivity contribution < 1.29 is 19.0 Å². The third kappa shape index (κ3) is 6.37. The van der Waals surface area contributed by atoms with Gasteiger partial charge < -0.3 is 14.2 Å². The molecule has 0 spiro atoms. The van der Waals surface area contributed by atoms with E-state index in [4.69, 9.17) is 14.2 Å². The van der Waals surface area contributed by atoms with Crippen LogP contribution in [0, 0.1) is 0 Å². The second-order valence-electron chi connectivity index (χ2n) is 5.46. The fourth-order valence-electron chi connectivity index (χ4n) is 2.03. The standard InChI is InChI=1S/C18H28O4/c1-5-7-8-9-12-21-18(19)15-10-11-16(22-14(3)4)17(13-15)20-6-2/h10-11,13-14H,5-9,12H2,1-4H3. The molecule has 0 fully saturated rings. The fraction of sp³-hybridized carbons (Fsp3) is 0.611. The topological polar surface area (TPSA) is 44.8 Å². The maximum Gasteiger partial charge on any atom is 0.338 e. The maximum absolute atomic E-state index is 12.0. The molecule has 0 radical (unpaired) electrons. The van der Waals surface area contributed by atoms with Gasteiger partial charge in [-0.15, -0.1) is 0 Å². The number of hydrogen-bond acceptors (Lipinski definition) is 4. The molecule has 0 aliphatic carbocycles. The van der Waals surface area contributed by atoms with E-state index < -0.39 is 0 Å². The Labute approximate surface area is 133 Å². The average molecular weight is 308 g/mol. The normalized spacial score (nSPS) is 10.6. The molecule has 0 saturated carbocycles. The van der Waals surface area contributed by atoms with E-state index in [2.05, 4.69) is 6.92 Å². The highest BCUT2D eigenvalue weighted by Gasteiger charge is 2.13. The first kappa shape index (κ1) is 18.3. The van der Waals surface area contributed by atoms with Crippen molar-refractivity contribution in [1.82, 2.24) is 0 Å². The van der Waals surface area contributed by atoms with Crippen molar-refractivity contribution in [2.75, 3.05) is 13.2 Å². The minimum Gasteiger partial charge on any atom is -0.490 e. The number of ether oxygens (including phenoxy) is 3. The van der Waals surface area contributed by atoms with Gasteiger partial charge in [0.2, 0.25) is 0 Å². The fourth-order valence-corrected chi connectivity index (χ4v) is 2.03. The van der Waals surface area contributed by atoms with E-state index in [1.165, 1.54) is 12.8 Å². The summed E-state index contributed by atoms with van der Waals surface area (Å²) in [7, 11) is 0. The van der Waals surface area contributed by atoms with Gasteiger partial charge in [0.25, 0.3) is 0 Å². The maximum atomic E-state index is 12.0. The minimum absolute atomic E-state index is 0.0515. The molecule has 4 nitrogen and oxygen atoms in total. The van der Waals surface area contributed by atoms with Crippen LogP contribution < -0.4 is 9.47 Å². The lowest BCUT2D eigenvalue weighted by Gasteiger charge is -2.15. The molecule has 0 saturated heterocycles. The van der Waals surface area contributed by atoms with Crippen LogP contribution in [0.15, 0.2) is 18.2 Å². The molecule has 0 aliphatic heterocycles. The van der Waals surface area contributed by atoms with Crippen LogP contribution in [0.1, 0.15) is 63.7 Å². The van der Waals surface area contributed by atoms with Crippen molar-refractivity contribution in [3.8, 4) is 11.5 Å². The van der Waals surface area contributed by atoms with Crippen molar-refractivity contribution in [3.05, 3.63) is 23.8 Å². The van der Waals surface area contributed by atoms with Crippen LogP contribution in [0.25, 0.3) is 0 Å². The first-order valence-electron chi connectivity index (χ1n) is 8.19. The quantitative estimate of drug-likeness (QED) is 0.468. The molecule has 0 unspecified atom stereocenters. The molecule has 1 aromatic carbocycles. The molecule has 0 aromatic heterocycles. The zero-order chi connectivity index (χ0) is 16.4. The first-order chi connectivity index (χ1) is 10.6. The lowest BCUT2D eigenvalue weighted by molar-refractivity contribution is 0.0497. The number of hydrogen-bond donors (Lipinski definition) is 0. The van der Waals surface area contributed by atoms with Crippen molar-refractivity contribution in [2.45, 2.75) is 59.5 Å². The van der Waals surface area contributed by atoms with Crippen LogP contribution in [-0.2, 0) is 4.74 Å². The van der Waals surface area contributed by atoms with Gasteiger partial charge in [-0.2, -0.15) is 0 Å². The van der Waals surface area contributed by atoms with Crippen LogP contribution in [0.4, 0.5) is 0 Å². The zero-order valence-corrected chi connectivity index (χ0v) is 14.2. The smallest absolute Gasteiger partial charge is 0.338 e.